The quantitative estimate of drug-likeness (QED) is 0.743. The third-order valence-corrected chi connectivity index (χ3v) is 3.70. The maximum Gasteiger partial charge on any atom is 0.0925 e. The molecule has 17 heavy (non-hydrogen) atoms. The molecule has 1 aromatic rings. The summed E-state index contributed by atoms with van der Waals surface area (Å²) in [5, 5.41) is 14.4. The molecule has 0 saturated carbocycles. The second-order valence-electron chi connectivity index (χ2n) is 4.42. The van der Waals surface area contributed by atoms with Crippen LogP contribution in [0.1, 0.15) is 30.2 Å². The summed E-state index contributed by atoms with van der Waals surface area (Å²) in [5.74, 6) is 0. The van der Waals surface area contributed by atoms with Gasteiger partial charge in [0.2, 0.25) is 0 Å². The predicted octanol–water partition coefficient (Wildman–Crippen LogP) is 1.58. The van der Waals surface area contributed by atoms with Crippen molar-refractivity contribution in [3.63, 3.8) is 0 Å². The molecule has 1 atom stereocenters. The van der Waals surface area contributed by atoms with Crippen LogP contribution in [0, 0.1) is 0 Å². The van der Waals surface area contributed by atoms with Gasteiger partial charge in [-0.2, -0.15) is 0 Å². The predicted molar refractivity (Wildman–Crippen MR) is 70.3 cm³/mol. The van der Waals surface area contributed by atoms with E-state index in [9.17, 15) is 5.11 Å². The average Bonchev–Trinajstić information content (AvgIpc) is 2.74. The van der Waals surface area contributed by atoms with Gasteiger partial charge in [0.05, 0.1) is 10.6 Å². The first-order valence-electron chi connectivity index (χ1n) is 5.93. The van der Waals surface area contributed by atoms with Crippen molar-refractivity contribution >= 4 is 11.3 Å². The van der Waals surface area contributed by atoms with E-state index in [-0.39, 0.29) is 0 Å². The zero-order chi connectivity index (χ0) is 12.7. The number of nitrogens with one attached hydrogen (secondary N) is 1. The molecule has 0 aromatic carbocycles. The van der Waals surface area contributed by atoms with E-state index in [1.165, 1.54) is 4.88 Å². The van der Waals surface area contributed by atoms with Crippen molar-refractivity contribution in [2.45, 2.75) is 38.8 Å². The van der Waals surface area contributed by atoms with Crippen LogP contribution in [0.5, 0.6) is 0 Å². The van der Waals surface area contributed by atoms with Gasteiger partial charge in [0.25, 0.3) is 0 Å². The maximum atomic E-state index is 10.0. The van der Waals surface area contributed by atoms with Crippen LogP contribution in [0.25, 0.3) is 0 Å². The second kappa shape index (κ2) is 7.06. The largest absolute Gasteiger partial charge is 0.389 e. The fourth-order valence-electron chi connectivity index (χ4n) is 1.46. The highest BCUT2D eigenvalue weighted by atomic mass is 32.1. The molecular formula is C12H22N2O2S. The zero-order valence-corrected chi connectivity index (χ0v) is 11.6. The fourth-order valence-corrected chi connectivity index (χ4v) is 2.29. The van der Waals surface area contributed by atoms with Crippen LogP contribution in [0.15, 0.2) is 6.20 Å². The highest BCUT2D eigenvalue weighted by Gasteiger charge is 2.19. The lowest BCUT2D eigenvalue weighted by Crippen LogP contribution is -2.38. The minimum atomic E-state index is -0.714. The van der Waals surface area contributed by atoms with E-state index in [2.05, 4.69) is 17.2 Å². The Kier molecular flexibility index (Phi) is 6.05. The van der Waals surface area contributed by atoms with Crippen molar-refractivity contribution in [1.29, 1.82) is 0 Å². The number of aryl methyl sites for hydroxylation is 1. The lowest BCUT2D eigenvalue weighted by molar-refractivity contribution is 0.0248. The monoisotopic (exact) mass is 258 g/mol. The summed E-state index contributed by atoms with van der Waals surface area (Å²) in [6.45, 7) is 5.83. The molecule has 0 amide bonds. The number of aliphatic hydroxyl groups is 1. The van der Waals surface area contributed by atoms with Gasteiger partial charge in [-0.15, -0.1) is 11.3 Å². The van der Waals surface area contributed by atoms with Gasteiger partial charge in [-0.1, -0.05) is 6.92 Å². The molecule has 0 saturated heterocycles. The van der Waals surface area contributed by atoms with E-state index in [4.69, 9.17) is 4.74 Å². The SMILES string of the molecule is CCc1ncc(CNCC(C)(O)CCOC)s1. The Balaban J connectivity index is 2.26. The Hall–Kier alpha value is -0.490. The van der Waals surface area contributed by atoms with Crippen LogP contribution in [0.4, 0.5) is 0 Å². The smallest absolute Gasteiger partial charge is 0.0925 e. The van der Waals surface area contributed by atoms with Gasteiger partial charge in [-0.25, -0.2) is 4.98 Å². The van der Waals surface area contributed by atoms with E-state index in [0.717, 1.165) is 18.0 Å². The van der Waals surface area contributed by atoms with E-state index >= 15 is 0 Å². The molecule has 5 heteroatoms. The van der Waals surface area contributed by atoms with Crippen LogP contribution >= 0.6 is 11.3 Å². The molecule has 0 bridgehead atoms. The second-order valence-corrected chi connectivity index (χ2v) is 5.62. The summed E-state index contributed by atoms with van der Waals surface area (Å²) in [7, 11) is 1.65. The third-order valence-electron chi connectivity index (χ3n) is 2.55. The standard InChI is InChI=1S/C12H22N2O2S/c1-4-11-14-8-10(17-11)7-13-9-12(2,15)5-6-16-3/h8,13,15H,4-7,9H2,1-3H3. The summed E-state index contributed by atoms with van der Waals surface area (Å²) in [6.07, 6.45) is 3.52. The third kappa shape index (κ3) is 5.59. The summed E-state index contributed by atoms with van der Waals surface area (Å²) in [5.41, 5.74) is -0.714. The molecule has 98 valence electrons. The van der Waals surface area contributed by atoms with Gasteiger partial charge in [-0.05, 0) is 13.3 Å². The number of rotatable bonds is 8. The summed E-state index contributed by atoms with van der Waals surface area (Å²) >= 11 is 1.72. The summed E-state index contributed by atoms with van der Waals surface area (Å²) in [4.78, 5) is 5.51. The Morgan fingerprint density at radius 3 is 2.94 bits per heavy atom. The molecule has 0 fully saturated rings. The molecule has 0 spiro atoms. The van der Waals surface area contributed by atoms with Crippen molar-refractivity contribution < 1.29 is 9.84 Å². The van der Waals surface area contributed by atoms with Gasteiger partial charge in [0, 0.05) is 44.3 Å². The van der Waals surface area contributed by atoms with E-state index in [0.29, 0.717) is 19.6 Å². The van der Waals surface area contributed by atoms with E-state index in [1.807, 2.05) is 13.1 Å². The number of ether oxygens (including phenoxy) is 1. The molecule has 1 heterocycles. The Labute approximate surface area is 107 Å². The van der Waals surface area contributed by atoms with Gasteiger partial charge in [0.15, 0.2) is 0 Å². The first-order valence-corrected chi connectivity index (χ1v) is 6.74. The van der Waals surface area contributed by atoms with Crippen molar-refractivity contribution in [2.75, 3.05) is 20.3 Å². The van der Waals surface area contributed by atoms with Gasteiger partial charge in [0.1, 0.15) is 0 Å². The maximum absolute atomic E-state index is 10.0. The molecular weight excluding hydrogens is 236 g/mol. The number of hydrogen-bond donors (Lipinski definition) is 2. The van der Waals surface area contributed by atoms with Gasteiger partial charge in [-0.3, -0.25) is 0 Å². The molecule has 1 rings (SSSR count). The number of methoxy groups -OCH3 is 1. The topological polar surface area (TPSA) is 54.4 Å². The Morgan fingerprint density at radius 2 is 2.35 bits per heavy atom. The van der Waals surface area contributed by atoms with Gasteiger partial charge >= 0.3 is 0 Å². The molecule has 4 nitrogen and oxygen atoms in total. The van der Waals surface area contributed by atoms with E-state index in [1.54, 1.807) is 18.4 Å². The minimum absolute atomic E-state index is 0.565. The minimum Gasteiger partial charge on any atom is -0.389 e. The van der Waals surface area contributed by atoms with Crippen LogP contribution in [-0.4, -0.2) is 36.0 Å². The van der Waals surface area contributed by atoms with Crippen molar-refractivity contribution in [2.24, 2.45) is 0 Å². The molecule has 2 N–H and O–H groups in total. The van der Waals surface area contributed by atoms with Crippen molar-refractivity contribution in [1.82, 2.24) is 10.3 Å². The molecule has 1 aromatic heterocycles. The van der Waals surface area contributed by atoms with Crippen LogP contribution in [0.3, 0.4) is 0 Å². The Bertz CT molecular complexity index is 326. The first kappa shape index (κ1) is 14.6. The molecule has 1 unspecified atom stereocenters. The van der Waals surface area contributed by atoms with E-state index < -0.39 is 5.60 Å². The summed E-state index contributed by atoms with van der Waals surface area (Å²) in [6, 6.07) is 0. The Morgan fingerprint density at radius 1 is 1.59 bits per heavy atom. The highest BCUT2D eigenvalue weighted by molar-refractivity contribution is 7.11. The fraction of sp³-hybridized carbons (Fsp3) is 0.750. The lowest BCUT2D eigenvalue weighted by Gasteiger charge is -2.23. The molecule has 0 radical (unpaired) electrons. The number of aromatic nitrogens is 1. The highest BCUT2D eigenvalue weighted by Crippen LogP contribution is 2.13. The van der Waals surface area contributed by atoms with Crippen LogP contribution in [-0.2, 0) is 17.7 Å². The van der Waals surface area contributed by atoms with Crippen LogP contribution in [0.2, 0.25) is 0 Å². The summed E-state index contributed by atoms with van der Waals surface area (Å²) < 4.78 is 4.96. The number of hydrogen-bond acceptors (Lipinski definition) is 5. The van der Waals surface area contributed by atoms with Crippen LogP contribution < -0.4 is 5.32 Å². The average molecular weight is 258 g/mol. The van der Waals surface area contributed by atoms with Crippen molar-refractivity contribution in [3.05, 3.63) is 16.1 Å². The number of thiazole rings is 1. The van der Waals surface area contributed by atoms with Crippen molar-refractivity contribution in [3.8, 4) is 0 Å². The molecule has 0 aliphatic rings. The normalized spacial score (nSPS) is 14.8. The number of nitrogens with zero attached hydrogens (tertiary/aromatic N) is 1. The molecule has 0 aliphatic heterocycles. The molecule has 0 aliphatic carbocycles. The lowest BCUT2D eigenvalue weighted by atomic mass is 10.0. The zero-order valence-electron chi connectivity index (χ0n) is 10.8. The van der Waals surface area contributed by atoms with Gasteiger partial charge < -0.3 is 15.2 Å². The first-order chi connectivity index (χ1) is 8.07.